The van der Waals surface area contributed by atoms with E-state index in [0.29, 0.717) is 26.3 Å². The standard InChI is InChI=1S/C17H22BF2NO4/c1-16(2)17(3,4)25-18(24-16)11-9-12(19)14(13(20)10-11)15(22)21-5-7-23-8-6-21/h9-10H,5-8H2,1-4H3. The second-order valence-corrected chi connectivity index (χ2v) is 7.35. The predicted octanol–water partition coefficient (Wildman–Crippen LogP) is 1.74. The van der Waals surface area contributed by atoms with Crippen molar-refractivity contribution in [1.29, 1.82) is 0 Å². The molecule has 2 aliphatic heterocycles. The molecule has 2 heterocycles. The van der Waals surface area contributed by atoms with E-state index in [0.717, 1.165) is 12.1 Å². The number of morpholine rings is 1. The van der Waals surface area contributed by atoms with E-state index in [1.807, 2.05) is 27.7 Å². The van der Waals surface area contributed by atoms with Gasteiger partial charge in [-0.3, -0.25) is 4.79 Å². The molecular formula is C17H22BF2NO4. The molecule has 0 spiro atoms. The Bertz CT molecular complexity index is 650. The molecule has 5 nitrogen and oxygen atoms in total. The van der Waals surface area contributed by atoms with Crippen LogP contribution >= 0.6 is 0 Å². The van der Waals surface area contributed by atoms with Gasteiger partial charge in [0.05, 0.1) is 24.4 Å². The molecule has 0 aromatic heterocycles. The Hall–Kier alpha value is -1.51. The van der Waals surface area contributed by atoms with Crippen molar-refractivity contribution in [2.24, 2.45) is 0 Å². The van der Waals surface area contributed by atoms with Gasteiger partial charge in [-0.2, -0.15) is 0 Å². The van der Waals surface area contributed by atoms with E-state index in [-0.39, 0.29) is 5.46 Å². The second-order valence-electron chi connectivity index (χ2n) is 7.35. The maximum absolute atomic E-state index is 14.5. The lowest BCUT2D eigenvalue weighted by Gasteiger charge is -2.32. The maximum atomic E-state index is 14.5. The Morgan fingerprint density at radius 1 is 1.04 bits per heavy atom. The van der Waals surface area contributed by atoms with Gasteiger partial charge < -0.3 is 18.9 Å². The molecule has 2 fully saturated rings. The van der Waals surface area contributed by atoms with Gasteiger partial charge in [0.1, 0.15) is 17.2 Å². The second kappa shape index (κ2) is 6.34. The van der Waals surface area contributed by atoms with Gasteiger partial charge in [0, 0.05) is 13.1 Å². The van der Waals surface area contributed by atoms with Gasteiger partial charge in [-0.15, -0.1) is 0 Å². The summed E-state index contributed by atoms with van der Waals surface area (Å²) in [6, 6.07) is 2.22. The average Bonchev–Trinajstić information content (AvgIpc) is 2.75. The van der Waals surface area contributed by atoms with Gasteiger partial charge in [-0.1, -0.05) is 0 Å². The molecule has 0 N–H and O–H groups in total. The topological polar surface area (TPSA) is 48.0 Å². The van der Waals surface area contributed by atoms with Crippen LogP contribution in [-0.4, -0.2) is 55.4 Å². The molecule has 0 saturated carbocycles. The number of amides is 1. The highest BCUT2D eigenvalue weighted by molar-refractivity contribution is 6.62. The van der Waals surface area contributed by atoms with Crippen molar-refractivity contribution in [2.45, 2.75) is 38.9 Å². The summed E-state index contributed by atoms with van der Waals surface area (Å²) < 4.78 is 45.8. The van der Waals surface area contributed by atoms with Crippen LogP contribution in [0.25, 0.3) is 0 Å². The first-order valence-corrected chi connectivity index (χ1v) is 8.34. The smallest absolute Gasteiger partial charge is 0.399 e. The molecule has 1 amide bonds. The summed E-state index contributed by atoms with van der Waals surface area (Å²) in [5.41, 5.74) is -1.57. The van der Waals surface area contributed by atoms with Crippen LogP contribution in [0.3, 0.4) is 0 Å². The number of hydrogen-bond donors (Lipinski definition) is 0. The van der Waals surface area contributed by atoms with E-state index in [2.05, 4.69) is 0 Å². The van der Waals surface area contributed by atoms with Crippen molar-refractivity contribution in [3.63, 3.8) is 0 Å². The van der Waals surface area contributed by atoms with Crippen molar-refractivity contribution >= 4 is 18.5 Å². The SMILES string of the molecule is CC1(C)OB(c2cc(F)c(C(=O)N3CCOCC3)c(F)c2)OC1(C)C. The van der Waals surface area contributed by atoms with Gasteiger partial charge in [-0.05, 0) is 45.3 Å². The number of halogens is 2. The number of hydrogen-bond acceptors (Lipinski definition) is 4. The van der Waals surface area contributed by atoms with Crippen LogP contribution in [0.4, 0.5) is 8.78 Å². The van der Waals surface area contributed by atoms with Crippen LogP contribution < -0.4 is 5.46 Å². The molecule has 0 aliphatic carbocycles. The molecular weight excluding hydrogens is 331 g/mol. The van der Waals surface area contributed by atoms with E-state index >= 15 is 0 Å². The van der Waals surface area contributed by atoms with Gasteiger partial charge >= 0.3 is 7.12 Å². The van der Waals surface area contributed by atoms with Gasteiger partial charge in [0.2, 0.25) is 0 Å². The minimum absolute atomic E-state index is 0.215. The summed E-state index contributed by atoms with van der Waals surface area (Å²) in [5.74, 6) is -2.50. The van der Waals surface area contributed by atoms with Crippen LogP contribution in [-0.2, 0) is 14.0 Å². The first kappa shape index (κ1) is 18.3. The lowest BCUT2D eigenvalue weighted by molar-refractivity contribution is 0.00578. The van der Waals surface area contributed by atoms with Gasteiger partial charge in [-0.25, -0.2) is 8.78 Å². The summed E-state index contributed by atoms with van der Waals surface area (Å²) in [6.45, 7) is 8.79. The Morgan fingerprint density at radius 2 is 1.52 bits per heavy atom. The fourth-order valence-corrected chi connectivity index (χ4v) is 2.84. The average molecular weight is 353 g/mol. The van der Waals surface area contributed by atoms with Gasteiger partial charge in [0.15, 0.2) is 0 Å². The van der Waals surface area contributed by atoms with E-state index in [1.165, 1.54) is 4.90 Å². The number of benzene rings is 1. The minimum atomic E-state index is -0.916. The summed E-state index contributed by atoms with van der Waals surface area (Å²) in [4.78, 5) is 13.8. The van der Waals surface area contributed by atoms with Crippen molar-refractivity contribution in [2.75, 3.05) is 26.3 Å². The lowest BCUT2D eigenvalue weighted by atomic mass is 9.78. The molecule has 25 heavy (non-hydrogen) atoms. The summed E-state index contributed by atoms with van der Waals surface area (Å²) in [5, 5.41) is 0. The molecule has 0 radical (unpaired) electrons. The zero-order chi connectivity index (χ0) is 18.4. The Kier molecular flexibility index (Phi) is 4.64. The molecule has 0 bridgehead atoms. The maximum Gasteiger partial charge on any atom is 0.495 e. The zero-order valence-corrected chi connectivity index (χ0v) is 14.9. The Balaban J connectivity index is 1.87. The third-order valence-electron chi connectivity index (χ3n) is 5.10. The molecule has 8 heteroatoms. The zero-order valence-electron chi connectivity index (χ0n) is 14.9. The molecule has 2 aliphatic rings. The largest absolute Gasteiger partial charge is 0.495 e. The number of ether oxygens (including phenoxy) is 1. The van der Waals surface area contributed by atoms with Crippen molar-refractivity contribution in [3.05, 3.63) is 29.3 Å². The predicted molar refractivity (Wildman–Crippen MR) is 88.8 cm³/mol. The monoisotopic (exact) mass is 353 g/mol. The van der Waals surface area contributed by atoms with Gasteiger partial charge in [0.25, 0.3) is 5.91 Å². The Labute approximate surface area is 146 Å². The first-order valence-electron chi connectivity index (χ1n) is 8.34. The van der Waals surface area contributed by atoms with E-state index in [9.17, 15) is 13.6 Å². The van der Waals surface area contributed by atoms with E-state index in [4.69, 9.17) is 14.0 Å². The number of carbonyl (C=O) groups excluding carboxylic acids is 1. The lowest BCUT2D eigenvalue weighted by Crippen LogP contribution is -2.42. The number of nitrogens with zero attached hydrogens (tertiary/aromatic N) is 1. The normalized spacial score (nSPS) is 22.3. The molecule has 0 atom stereocenters. The highest BCUT2D eigenvalue weighted by Gasteiger charge is 2.52. The quantitative estimate of drug-likeness (QED) is 0.760. The van der Waals surface area contributed by atoms with Crippen molar-refractivity contribution < 1.29 is 27.6 Å². The van der Waals surface area contributed by atoms with Crippen molar-refractivity contribution in [3.8, 4) is 0 Å². The first-order chi connectivity index (χ1) is 11.6. The highest BCUT2D eigenvalue weighted by atomic mass is 19.1. The molecule has 1 aromatic rings. The summed E-state index contributed by atoms with van der Waals surface area (Å²) in [7, 11) is -0.887. The molecule has 3 rings (SSSR count). The minimum Gasteiger partial charge on any atom is -0.399 e. The molecule has 0 unspecified atom stereocenters. The molecule has 2 saturated heterocycles. The van der Waals surface area contributed by atoms with Crippen LogP contribution in [0.5, 0.6) is 0 Å². The van der Waals surface area contributed by atoms with Crippen LogP contribution in [0.15, 0.2) is 12.1 Å². The van der Waals surface area contributed by atoms with Crippen LogP contribution in [0.2, 0.25) is 0 Å². The number of carbonyl (C=O) groups is 1. The highest BCUT2D eigenvalue weighted by Crippen LogP contribution is 2.36. The number of rotatable bonds is 2. The van der Waals surface area contributed by atoms with Crippen LogP contribution in [0.1, 0.15) is 38.1 Å². The fourth-order valence-electron chi connectivity index (χ4n) is 2.84. The van der Waals surface area contributed by atoms with E-state index < -0.39 is 41.4 Å². The summed E-state index contributed by atoms with van der Waals surface area (Å²) in [6.07, 6.45) is 0. The summed E-state index contributed by atoms with van der Waals surface area (Å²) >= 11 is 0. The van der Waals surface area contributed by atoms with Crippen LogP contribution in [0, 0.1) is 11.6 Å². The Morgan fingerprint density at radius 3 is 2.00 bits per heavy atom. The molecule has 136 valence electrons. The van der Waals surface area contributed by atoms with Crippen molar-refractivity contribution in [1.82, 2.24) is 4.90 Å². The fraction of sp³-hybridized carbons (Fsp3) is 0.588. The third-order valence-corrected chi connectivity index (χ3v) is 5.10. The van der Waals surface area contributed by atoms with E-state index in [1.54, 1.807) is 0 Å². The molecule has 1 aromatic carbocycles. The third kappa shape index (κ3) is 3.30.